The number of unbranched alkanes of at least 4 members (excludes halogenated alkanes) is 3. The molecule has 4 rings (SSSR count). The average Bonchev–Trinajstić information content (AvgIpc) is 2.83. The molecule has 33 heavy (non-hydrogen) atoms. The normalized spacial score (nSPS) is 14.0. The zero-order valence-electron chi connectivity index (χ0n) is 18.9. The van der Waals surface area contributed by atoms with Crippen molar-refractivity contribution in [3.63, 3.8) is 0 Å². The monoisotopic (exact) mass is 451 g/mol. The summed E-state index contributed by atoms with van der Waals surface area (Å²) < 4.78 is 13.3. The summed E-state index contributed by atoms with van der Waals surface area (Å²) in [6, 6.07) is 9.89. The average molecular weight is 452 g/mol. The summed E-state index contributed by atoms with van der Waals surface area (Å²) in [6.45, 7) is 5.30. The number of carbonyl (C=O) groups excluding carboxylic acids is 1. The van der Waals surface area contributed by atoms with Crippen molar-refractivity contribution in [3.05, 3.63) is 42.2 Å². The molecule has 1 aliphatic heterocycles. The fourth-order valence-electron chi connectivity index (χ4n) is 4.00. The van der Waals surface area contributed by atoms with E-state index < -0.39 is 0 Å². The second kappa shape index (κ2) is 10.4. The smallest absolute Gasteiger partial charge is 0.317 e. The molecule has 2 amide bonds. The molecule has 1 fully saturated rings. The molecule has 1 aliphatic rings. The quantitative estimate of drug-likeness (QED) is 0.530. The van der Waals surface area contributed by atoms with Gasteiger partial charge in [-0.1, -0.05) is 26.2 Å². The number of urea groups is 1. The molecule has 174 valence electrons. The van der Waals surface area contributed by atoms with Gasteiger partial charge in [0.1, 0.15) is 11.3 Å². The molecule has 8 nitrogen and oxygen atoms in total. The molecule has 1 saturated heterocycles. The number of aromatic nitrogens is 3. The summed E-state index contributed by atoms with van der Waals surface area (Å²) in [4.78, 5) is 30.0. The molecule has 0 spiro atoms. The van der Waals surface area contributed by atoms with Crippen LogP contribution in [0.1, 0.15) is 32.6 Å². The first-order chi connectivity index (χ1) is 16.0. The highest BCUT2D eigenvalue weighted by molar-refractivity contribution is 5.88. The number of nitrogens with zero attached hydrogens (tertiary/aromatic N) is 5. The van der Waals surface area contributed by atoms with E-state index in [0.717, 1.165) is 18.4 Å². The molecule has 0 atom stereocenters. The van der Waals surface area contributed by atoms with E-state index in [0.29, 0.717) is 55.3 Å². The van der Waals surface area contributed by atoms with Crippen LogP contribution in [-0.2, 0) is 0 Å². The highest BCUT2D eigenvalue weighted by Crippen LogP contribution is 2.27. The van der Waals surface area contributed by atoms with Gasteiger partial charge in [-0.2, -0.15) is 4.98 Å². The molecule has 2 aromatic heterocycles. The van der Waals surface area contributed by atoms with Gasteiger partial charge in [0.05, 0.1) is 11.2 Å². The summed E-state index contributed by atoms with van der Waals surface area (Å²) in [5.74, 6) is 0.543. The Labute approximate surface area is 193 Å². The fourth-order valence-corrected chi connectivity index (χ4v) is 4.00. The number of carbonyl (C=O) groups is 1. The van der Waals surface area contributed by atoms with Crippen LogP contribution in [0.15, 0.2) is 36.4 Å². The number of amides is 2. The zero-order chi connectivity index (χ0) is 23.2. The number of nitrogens with one attached hydrogen (secondary N) is 1. The first-order valence-corrected chi connectivity index (χ1v) is 11.5. The van der Waals surface area contributed by atoms with Gasteiger partial charge < -0.3 is 20.9 Å². The highest BCUT2D eigenvalue weighted by atomic mass is 19.1. The Hall–Kier alpha value is -3.49. The molecule has 9 heteroatoms. The number of fused-ring (bicyclic) bond motifs is 1. The lowest BCUT2D eigenvalue weighted by atomic mass is 10.1. The van der Waals surface area contributed by atoms with Gasteiger partial charge in [0, 0.05) is 38.3 Å². The number of rotatable bonds is 7. The van der Waals surface area contributed by atoms with Crippen LogP contribution in [0, 0.1) is 5.82 Å². The molecular weight excluding hydrogens is 421 g/mol. The SMILES string of the molecule is CCCCCCNC(=O)N1CCN(c2nc(N)nc3ccc(-c4ccc(F)cc4)nc23)CC1. The third-order valence-corrected chi connectivity index (χ3v) is 5.85. The number of nitrogen functional groups attached to an aromatic ring is 1. The van der Waals surface area contributed by atoms with E-state index in [1.807, 2.05) is 17.0 Å². The lowest BCUT2D eigenvalue weighted by Gasteiger charge is -2.35. The minimum Gasteiger partial charge on any atom is -0.368 e. The van der Waals surface area contributed by atoms with Crippen LogP contribution in [0.5, 0.6) is 0 Å². The van der Waals surface area contributed by atoms with Gasteiger partial charge >= 0.3 is 6.03 Å². The number of pyridine rings is 1. The maximum atomic E-state index is 13.3. The van der Waals surface area contributed by atoms with Crippen molar-refractivity contribution in [3.8, 4) is 11.3 Å². The van der Waals surface area contributed by atoms with E-state index >= 15 is 0 Å². The van der Waals surface area contributed by atoms with Crippen LogP contribution in [0.25, 0.3) is 22.3 Å². The minimum atomic E-state index is -0.292. The van der Waals surface area contributed by atoms with Gasteiger partial charge in [0.25, 0.3) is 0 Å². The first kappa shape index (κ1) is 22.7. The number of benzene rings is 1. The highest BCUT2D eigenvalue weighted by Gasteiger charge is 2.24. The Bertz CT molecular complexity index is 1100. The fraction of sp³-hybridized carbons (Fsp3) is 0.417. The van der Waals surface area contributed by atoms with Crippen molar-refractivity contribution in [2.45, 2.75) is 32.6 Å². The van der Waals surface area contributed by atoms with Crippen LogP contribution in [0.4, 0.5) is 21.0 Å². The zero-order valence-corrected chi connectivity index (χ0v) is 18.9. The van der Waals surface area contributed by atoms with E-state index in [1.165, 1.54) is 25.0 Å². The van der Waals surface area contributed by atoms with Crippen LogP contribution in [0.3, 0.4) is 0 Å². The van der Waals surface area contributed by atoms with Crippen molar-refractivity contribution in [2.24, 2.45) is 0 Å². The number of halogens is 1. The van der Waals surface area contributed by atoms with Crippen LogP contribution >= 0.6 is 0 Å². The predicted octanol–water partition coefficient (Wildman–Crippen LogP) is 3.83. The van der Waals surface area contributed by atoms with Crippen molar-refractivity contribution in [1.29, 1.82) is 0 Å². The number of hydrogen-bond donors (Lipinski definition) is 2. The largest absolute Gasteiger partial charge is 0.368 e. The van der Waals surface area contributed by atoms with Gasteiger partial charge in [-0.25, -0.2) is 19.2 Å². The van der Waals surface area contributed by atoms with Crippen LogP contribution < -0.4 is 16.0 Å². The molecule has 0 aliphatic carbocycles. The first-order valence-electron chi connectivity index (χ1n) is 11.5. The maximum absolute atomic E-state index is 13.3. The van der Waals surface area contributed by atoms with Gasteiger partial charge in [0.15, 0.2) is 5.82 Å². The summed E-state index contributed by atoms with van der Waals surface area (Å²) >= 11 is 0. The van der Waals surface area contributed by atoms with Gasteiger partial charge in [0.2, 0.25) is 5.95 Å². The van der Waals surface area contributed by atoms with E-state index in [-0.39, 0.29) is 17.8 Å². The third-order valence-electron chi connectivity index (χ3n) is 5.85. The Morgan fingerprint density at radius 1 is 1.00 bits per heavy atom. The minimum absolute atomic E-state index is 0.0186. The molecular formula is C24H30FN7O. The lowest BCUT2D eigenvalue weighted by Crippen LogP contribution is -2.52. The van der Waals surface area contributed by atoms with Crippen LogP contribution in [-0.4, -0.2) is 58.6 Å². The summed E-state index contributed by atoms with van der Waals surface area (Å²) in [5, 5.41) is 3.02. The second-order valence-corrected chi connectivity index (χ2v) is 8.24. The standard InChI is InChI=1S/C24H30FN7O/c1-2-3-4-5-12-27-24(33)32-15-13-31(14-16-32)22-21-20(29-23(26)30-22)11-10-19(28-21)17-6-8-18(25)9-7-17/h6-11H,2-5,12-16H2,1H3,(H,27,33)(H2,26,29,30). The molecule has 0 saturated carbocycles. The second-order valence-electron chi connectivity index (χ2n) is 8.24. The van der Waals surface area contributed by atoms with E-state index in [4.69, 9.17) is 10.7 Å². The molecule has 0 unspecified atom stereocenters. The predicted molar refractivity (Wildman–Crippen MR) is 128 cm³/mol. The van der Waals surface area contributed by atoms with Crippen molar-refractivity contribution in [1.82, 2.24) is 25.2 Å². The van der Waals surface area contributed by atoms with Crippen molar-refractivity contribution < 1.29 is 9.18 Å². The van der Waals surface area contributed by atoms with E-state index in [9.17, 15) is 9.18 Å². The molecule has 0 radical (unpaired) electrons. The molecule has 1 aromatic carbocycles. The Morgan fingerprint density at radius 3 is 2.48 bits per heavy atom. The van der Waals surface area contributed by atoms with E-state index in [1.54, 1.807) is 12.1 Å². The van der Waals surface area contributed by atoms with Crippen LogP contribution in [0.2, 0.25) is 0 Å². The number of piperazine rings is 1. The summed E-state index contributed by atoms with van der Waals surface area (Å²) in [7, 11) is 0. The Morgan fingerprint density at radius 2 is 1.76 bits per heavy atom. The van der Waals surface area contributed by atoms with Gasteiger partial charge in [-0.3, -0.25) is 0 Å². The molecule has 3 N–H and O–H groups in total. The molecule has 3 aromatic rings. The number of hydrogen-bond acceptors (Lipinski definition) is 6. The number of nitrogens with two attached hydrogens (primary N) is 1. The number of anilines is 2. The van der Waals surface area contributed by atoms with Crippen molar-refractivity contribution >= 4 is 28.8 Å². The van der Waals surface area contributed by atoms with Crippen molar-refractivity contribution in [2.75, 3.05) is 43.4 Å². The topological polar surface area (TPSA) is 100 Å². The Balaban J connectivity index is 1.47. The van der Waals surface area contributed by atoms with E-state index in [2.05, 4.69) is 27.1 Å². The maximum Gasteiger partial charge on any atom is 0.317 e. The lowest BCUT2D eigenvalue weighted by molar-refractivity contribution is 0.194. The third kappa shape index (κ3) is 5.47. The molecule has 3 heterocycles. The van der Waals surface area contributed by atoms with Gasteiger partial charge in [-0.15, -0.1) is 0 Å². The van der Waals surface area contributed by atoms with Gasteiger partial charge in [-0.05, 0) is 42.8 Å². The summed E-state index contributed by atoms with van der Waals surface area (Å²) in [6.07, 6.45) is 4.52. The summed E-state index contributed by atoms with van der Waals surface area (Å²) in [5.41, 5.74) is 8.77. The Kier molecular flexibility index (Phi) is 7.16. The molecule has 0 bridgehead atoms.